The minimum absolute atomic E-state index is 0.339. The Morgan fingerprint density at radius 1 is 1.38 bits per heavy atom. The van der Waals surface area contributed by atoms with Gasteiger partial charge in [-0.1, -0.05) is 18.9 Å². The van der Waals surface area contributed by atoms with E-state index in [9.17, 15) is 0 Å². The van der Waals surface area contributed by atoms with Crippen LogP contribution in [-0.4, -0.2) is 9.78 Å². The van der Waals surface area contributed by atoms with Crippen LogP contribution in [0.4, 0.5) is 0 Å². The lowest BCUT2D eigenvalue weighted by atomic mass is 9.95. The van der Waals surface area contributed by atoms with Crippen molar-refractivity contribution in [1.29, 1.82) is 0 Å². The number of hydrogen-bond donors (Lipinski definition) is 1. The molecular formula is C17H25N3S. The van der Waals surface area contributed by atoms with Gasteiger partial charge in [0.25, 0.3) is 0 Å². The number of aryl methyl sites for hydroxylation is 1. The van der Waals surface area contributed by atoms with Crippen molar-refractivity contribution in [3.63, 3.8) is 0 Å². The molecule has 0 amide bonds. The third kappa shape index (κ3) is 3.06. The second kappa shape index (κ2) is 6.32. The van der Waals surface area contributed by atoms with E-state index in [0.717, 1.165) is 5.92 Å². The van der Waals surface area contributed by atoms with Crippen molar-refractivity contribution >= 4 is 11.3 Å². The maximum atomic E-state index is 4.38. The van der Waals surface area contributed by atoms with Crippen molar-refractivity contribution in [1.82, 2.24) is 15.1 Å². The molecule has 1 N–H and O–H groups in total. The third-order valence-electron chi connectivity index (χ3n) is 4.89. The van der Waals surface area contributed by atoms with E-state index in [1.807, 2.05) is 29.3 Å². The van der Waals surface area contributed by atoms with Crippen molar-refractivity contribution in [2.75, 3.05) is 0 Å². The van der Waals surface area contributed by atoms with Gasteiger partial charge in [-0.25, -0.2) is 0 Å². The summed E-state index contributed by atoms with van der Waals surface area (Å²) in [6, 6.07) is 5.28. The molecule has 2 atom stereocenters. The van der Waals surface area contributed by atoms with E-state index in [4.69, 9.17) is 0 Å². The van der Waals surface area contributed by atoms with Gasteiger partial charge in [0.2, 0.25) is 0 Å². The average molecular weight is 303 g/mol. The molecule has 114 valence electrons. The molecule has 1 aliphatic rings. The molecule has 0 saturated heterocycles. The normalized spacial score (nSPS) is 19.0. The zero-order valence-electron chi connectivity index (χ0n) is 13.2. The molecule has 1 fully saturated rings. The Kier molecular flexibility index (Phi) is 4.45. The van der Waals surface area contributed by atoms with Crippen molar-refractivity contribution in [2.24, 2.45) is 13.0 Å². The number of thiophene rings is 1. The van der Waals surface area contributed by atoms with Gasteiger partial charge in [0.1, 0.15) is 0 Å². The minimum Gasteiger partial charge on any atom is -0.302 e. The minimum atomic E-state index is 0.339. The smallest absolute Gasteiger partial charge is 0.0540 e. The Bertz CT molecular complexity index is 567. The van der Waals surface area contributed by atoms with E-state index in [-0.39, 0.29) is 0 Å². The predicted octanol–water partition coefficient (Wildman–Crippen LogP) is 4.37. The molecule has 2 aromatic rings. The highest BCUT2D eigenvalue weighted by atomic mass is 32.1. The third-order valence-corrected chi connectivity index (χ3v) is 5.85. The molecule has 0 bridgehead atoms. The molecule has 3 nitrogen and oxygen atoms in total. The number of rotatable bonds is 5. The molecular weight excluding hydrogens is 278 g/mol. The number of hydrogen-bond acceptors (Lipinski definition) is 3. The van der Waals surface area contributed by atoms with Gasteiger partial charge in [0.05, 0.1) is 6.20 Å². The molecule has 1 saturated carbocycles. The molecule has 0 aliphatic heterocycles. The summed E-state index contributed by atoms with van der Waals surface area (Å²) >= 11 is 1.88. The fourth-order valence-corrected chi connectivity index (χ4v) is 4.39. The van der Waals surface area contributed by atoms with E-state index in [0.29, 0.717) is 12.1 Å². The van der Waals surface area contributed by atoms with Gasteiger partial charge in [-0.15, -0.1) is 11.3 Å². The lowest BCUT2D eigenvalue weighted by Crippen LogP contribution is -2.29. The first-order valence-corrected chi connectivity index (χ1v) is 8.82. The van der Waals surface area contributed by atoms with E-state index in [1.165, 1.54) is 41.8 Å². The van der Waals surface area contributed by atoms with Crippen LogP contribution in [0, 0.1) is 12.8 Å². The molecule has 0 spiro atoms. The van der Waals surface area contributed by atoms with Crippen LogP contribution >= 0.6 is 11.3 Å². The first-order chi connectivity index (χ1) is 10.2. The van der Waals surface area contributed by atoms with Crippen molar-refractivity contribution in [2.45, 2.75) is 51.6 Å². The molecule has 0 aromatic carbocycles. The second-order valence-corrected chi connectivity index (χ2v) is 7.21. The van der Waals surface area contributed by atoms with Crippen LogP contribution < -0.4 is 5.32 Å². The van der Waals surface area contributed by atoms with Gasteiger partial charge in [-0.2, -0.15) is 5.10 Å². The van der Waals surface area contributed by atoms with Crippen LogP contribution in [0.1, 0.15) is 60.8 Å². The van der Waals surface area contributed by atoms with E-state index in [1.54, 1.807) is 0 Å². The van der Waals surface area contributed by atoms with Crippen LogP contribution in [0.25, 0.3) is 0 Å². The van der Waals surface area contributed by atoms with E-state index in [2.05, 4.69) is 41.8 Å². The van der Waals surface area contributed by atoms with Gasteiger partial charge in [0, 0.05) is 35.3 Å². The molecule has 2 heterocycles. The molecule has 3 rings (SSSR count). The average Bonchev–Trinajstić information content (AvgIpc) is 3.20. The molecule has 0 radical (unpaired) electrons. The van der Waals surface area contributed by atoms with Gasteiger partial charge >= 0.3 is 0 Å². The second-order valence-electron chi connectivity index (χ2n) is 6.23. The van der Waals surface area contributed by atoms with Crippen LogP contribution in [0.3, 0.4) is 0 Å². The Balaban J connectivity index is 1.79. The predicted molar refractivity (Wildman–Crippen MR) is 88.5 cm³/mol. The lowest BCUT2D eigenvalue weighted by molar-refractivity contribution is 0.342. The molecule has 21 heavy (non-hydrogen) atoms. The monoisotopic (exact) mass is 303 g/mol. The van der Waals surface area contributed by atoms with Crippen molar-refractivity contribution in [3.8, 4) is 0 Å². The Morgan fingerprint density at radius 2 is 2.14 bits per heavy atom. The van der Waals surface area contributed by atoms with Crippen molar-refractivity contribution in [3.05, 3.63) is 39.8 Å². The summed E-state index contributed by atoms with van der Waals surface area (Å²) in [6.07, 6.45) is 7.48. The zero-order chi connectivity index (χ0) is 14.8. The fourth-order valence-electron chi connectivity index (χ4n) is 3.51. The largest absolute Gasteiger partial charge is 0.302 e. The van der Waals surface area contributed by atoms with Gasteiger partial charge in [0.15, 0.2) is 0 Å². The van der Waals surface area contributed by atoms with Crippen LogP contribution in [-0.2, 0) is 7.05 Å². The van der Waals surface area contributed by atoms with E-state index >= 15 is 0 Å². The summed E-state index contributed by atoms with van der Waals surface area (Å²) in [7, 11) is 2.01. The Hall–Kier alpha value is -1.13. The first kappa shape index (κ1) is 14.8. The topological polar surface area (TPSA) is 29.9 Å². The summed E-state index contributed by atoms with van der Waals surface area (Å²) in [5, 5.41) is 10.5. The quantitative estimate of drug-likeness (QED) is 0.888. The lowest BCUT2D eigenvalue weighted by Gasteiger charge is -2.27. The highest BCUT2D eigenvalue weighted by molar-refractivity contribution is 7.10. The Labute approximate surface area is 131 Å². The summed E-state index contributed by atoms with van der Waals surface area (Å²) in [6.45, 7) is 4.41. The fraction of sp³-hybridized carbons (Fsp3) is 0.588. The SMILES string of the molecule is Cc1c(C(C)NC(c2cccs2)C2CCCC2)cnn1C. The van der Waals surface area contributed by atoms with Crippen LogP contribution in [0.2, 0.25) is 0 Å². The summed E-state index contributed by atoms with van der Waals surface area (Å²) < 4.78 is 1.96. The maximum absolute atomic E-state index is 4.38. The summed E-state index contributed by atoms with van der Waals surface area (Å²) in [5.74, 6) is 0.781. The van der Waals surface area contributed by atoms with Gasteiger partial charge < -0.3 is 5.32 Å². The van der Waals surface area contributed by atoms with E-state index < -0.39 is 0 Å². The maximum Gasteiger partial charge on any atom is 0.0540 e. The number of nitrogens with zero attached hydrogens (tertiary/aromatic N) is 2. The highest BCUT2D eigenvalue weighted by Crippen LogP contribution is 2.38. The highest BCUT2D eigenvalue weighted by Gasteiger charge is 2.28. The first-order valence-electron chi connectivity index (χ1n) is 7.94. The molecule has 2 aromatic heterocycles. The summed E-state index contributed by atoms with van der Waals surface area (Å²) in [4.78, 5) is 1.48. The summed E-state index contributed by atoms with van der Waals surface area (Å²) in [5.41, 5.74) is 2.57. The standard InChI is InChI=1S/C17H25N3S/c1-12(15-11-18-20(3)13(15)2)19-17(14-7-4-5-8-14)16-9-6-10-21-16/h6,9-12,14,17,19H,4-5,7-8H2,1-3H3. The van der Waals surface area contributed by atoms with Crippen LogP contribution in [0.5, 0.6) is 0 Å². The van der Waals surface area contributed by atoms with Gasteiger partial charge in [-0.3, -0.25) is 4.68 Å². The Morgan fingerprint density at radius 3 is 2.71 bits per heavy atom. The number of aromatic nitrogens is 2. The van der Waals surface area contributed by atoms with Crippen LogP contribution in [0.15, 0.2) is 23.7 Å². The number of nitrogens with one attached hydrogen (secondary N) is 1. The van der Waals surface area contributed by atoms with Crippen molar-refractivity contribution < 1.29 is 0 Å². The van der Waals surface area contributed by atoms with Gasteiger partial charge in [-0.05, 0) is 44.1 Å². The zero-order valence-corrected chi connectivity index (χ0v) is 14.0. The molecule has 4 heteroatoms. The molecule has 2 unspecified atom stereocenters. The molecule has 1 aliphatic carbocycles.